The molecule has 5 nitrogen and oxygen atoms in total. The molecule has 0 saturated heterocycles. The first-order valence-electron chi connectivity index (χ1n) is 23.2. The first kappa shape index (κ1) is 36.7. The molecule has 10 rings (SSSR count). The fourth-order valence-corrected chi connectivity index (χ4v) is 11.6. The van der Waals surface area contributed by atoms with Gasteiger partial charge in [-0.25, -0.2) is 4.98 Å². The Labute approximate surface area is 386 Å². The van der Waals surface area contributed by atoms with E-state index in [9.17, 15) is 0 Å². The van der Waals surface area contributed by atoms with Gasteiger partial charge in [-0.3, -0.25) is 4.98 Å². The number of furan rings is 1. The molecule has 0 atom stereocenters. The Morgan fingerprint density at radius 2 is 1.62 bits per heavy atom. The maximum Gasteiger partial charge on any atom is 0 e. The van der Waals surface area contributed by atoms with Crippen LogP contribution in [-0.2, 0) is 39.3 Å². The van der Waals surface area contributed by atoms with Crippen molar-refractivity contribution < 1.29 is 31.4 Å². The molecular formula is C53H50GeIrN4OS-2. The van der Waals surface area contributed by atoms with E-state index in [0.29, 0.717) is 22.4 Å². The van der Waals surface area contributed by atoms with E-state index >= 15 is 0 Å². The zero-order valence-electron chi connectivity index (χ0n) is 40.4. The van der Waals surface area contributed by atoms with E-state index in [2.05, 4.69) is 100 Å². The van der Waals surface area contributed by atoms with Crippen molar-refractivity contribution >= 4 is 82.3 Å². The molecule has 10 aromatic rings. The molecule has 0 amide bonds. The van der Waals surface area contributed by atoms with Crippen molar-refractivity contribution in [1.29, 1.82) is 0 Å². The predicted octanol–water partition coefficient (Wildman–Crippen LogP) is 13.9. The van der Waals surface area contributed by atoms with Gasteiger partial charge >= 0.3 is 128 Å². The minimum absolute atomic E-state index is 0. The third-order valence-corrected chi connectivity index (χ3v) is 16.5. The van der Waals surface area contributed by atoms with Crippen LogP contribution in [0.25, 0.3) is 81.6 Å². The Bertz CT molecular complexity index is 3410. The Balaban J connectivity index is 0.000000219. The van der Waals surface area contributed by atoms with Gasteiger partial charge in [0.25, 0.3) is 0 Å². The van der Waals surface area contributed by atoms with Crippen molar-refractivity contribution in [2.45, 2.75) is 71.0 Å². The number of hydrogen-bond donors (Lipinski definition) is 0. The Morgan fingerprint density at radius 3 is 2.38 bits per heavy atom. The molecule has 0 aliphatic carbocycles. The summed E-state index contributed by atoms with van der Waals surface area (Å²) in [5.41, 5.74) is 9.44. The second kappa shape index (κ2) is 17.5. The summed E-state index contributed by atoms with van der Waals surface area (Å²) in [5.74, 6) is 7.53. The van der Waals surface area contributed by atoms with Gasteiger partial charge in [0.2, 0.25) is 5.71 Å². The van der Waals surface area contributed by atoms with Crippen LogP contribution in [0.15, 0.2) is 120 Å². The summed E-state index contributed by atoms with van der Waals surface area (Å²) in [6, 6.07) is 42.7. The molecule has 61 heavy (non-hydrogen) atoms. The summed E-state index contributed by atoms with van der Waals surface area (Å²) in [4.78, 5) is 14.2. The number of fused-ring (bicyclic) bond motifs is 7. The van der Waals surface area contributed by atoms with Gasteiger partial charge in [0, 0.05) is 61.2 Å². The van der Waals surface area contributed by atoms with Crippen LogP contribution in [-0.4, -0.2) is 32.8 Å². The SMILES string of the molecule is [2H]C([2H])([2H])c1ccc2c(n1)oc1c(-c3nc4ccccc4n3-c3c(CC)cc4c(sc5ccccc54)c3CC)[c-]ccc12.[2H]C([2H])(c1c[c]([Ge]([CH3])([CH3])[CH3])cnc1-c1[c-]cccc1)C(C)C.[Ir]. The van der Waals surface area contributed by atoms with Gasteiger partial charge in [-0.15, -0.1) is 29.5 Å². The fraction of sp³-hybridized carbons (Fsp3) is 0.226. The number of aromatic nitrogens is 4. The molecule has 5 heterocycles. The van der Waals surface area contributed by atoms with E-state index in [-0.39, 0.29) is 31.7 Å². The van der Waals surface area contributed by atoms with Crippen LogP contribution < -0.4 is 4.40 Å². The van der Waals surface area contributed by atoms with Crippen molar-refractivity contribution in [3.8, 4) is 28.3 Å². The van der Waals surface area contributed by atoms with Gasteiger partial charge in [-0.1, -0.05) is 55.1 Å². The number of imidazole rings is 1. The van der Waals surface area contributed by atoms with Crippen LogP contribution in [0.4, 0.5) is 0 Å². The molecule has 5 aromatic heterocycles. The number of para-hydroxylation sites is 2. The van der Waals surface area contributed by atoms with Gasteiger partial charge in [-0.2, -0.15) is 0 Å². The summed E-state index contributed by atoms with van der Waals surface area (Å²) < 4.78 is 53.0. The van der Waals surface area contributed by atoms with Crippen molar-refractivity contribution in [3.05, 3.63) is 150 Å². The summed E-state index contributed by atoms with van der Waals surface area (Å²) in [5, 5.41) is 4.19. The third-order valence-electron chi connectivity index (χ3n) is 11.0. The molecule has 0 bridgehead atoms. The Hall–Kier alpha value is -4.92. The molecule has 0 saturated carbocycles. The molecule has 0 spiro atoms. The molecule has 8 heteroatoms. The second-order valence-electron chi connectivity index (χ2n) is 16.5. The van der Waals surface area contributed by atoms with E-state index in [1.54, 1.807) is 12.1 Å². The largest absolute Gasteiger partial charge is 0 e. The zero-order chi connectivity index (χ0) is 46.0. The summed E-state index contributed by atoms with van der Waals surface area (Å²) >= 11 is -0.214. The van der Waals surface area contributed by atoms with Crippen LogP contribution in [0.2, 0.25) is 17.3 Å². The number of thiophene rings is 1. The number of rotatable bonds is 8. The average molecular weight is 1060 g/mol. The van der Waals surface area contributed by atoms with Crippen LogP contribution in [0, 0.1) is 24.9 Å². The molecule has 309 valence electrons. The van der Waals surface area contributed by atoms with E-state index in [1.165, 1.54) is 35.7 Å². The number of benzene rings is 5. The smallest absolute Gasteiger partial charge is 0 e. The third kappa shape index (κ3) is 8.02. The molecule has 1 radical (unpaired) electrons. The van der Waals surface area contributed by atoms with E-state index in [0.717, 1.165) is 57.4 Å². The monoisotopic (exact) mass is 1060 g/mol. The summed E-state index contributed by atoms with van der Waals surface area (Å²) in [7, 11) is 0. The average Bonchev–Trinajstić information content (AvgIpc) is 3.99. The van der Waals surface area contributed by atoms with Gasteiger partial charge in [0.05, 0.1) is 22.4 Å². The molecule has 0 unspecified atom stereocenters. The van der Waals surface area contributed by atoms with Crippen molar-refractivity contribution in [2.75, 3.05) is 0 Å². The van der Waals surface area contributed by atoms with Crippen molar-refractivity contribution in [3.63, 3.8) is 0 Å². The molecule has 0 aliphatic rings. The molecule has 5 aromatic carbocycles. The van der Waals surface area contributed by atoms with Crippen LogP contribution >= 0.6 is 11.3 Å². The Kier molecular flexibility index (Phi) is 10.5. The molecule has 0 fully saturated rings. The van der Waals surface area contributed by atoms with Gasteiger partial charge < -0.3 is 8.98 Å². The van der Waals surface area contributed by atoms with Crippen LogP contribution in [0.3, 0.4) is 0 Å². The minimum Gasteiger partial charge on any atom is 0 e. The predicted molar refractivity (Wildman–Crippen MR) is 257 cm³/mol. The molecule has 0 aliphatic heterocycles. The van der Waals surface area contributed by atoms with Crippen molar-refractivity contribution in [2.24, 2.45) is 5.92 Å². The summed E-state index contributed by atoms with van der Waals surface area (Å²) in [6.45, 7) is 5.95. The summed E-state index contributed by atoms with van der Waals surface area (Å²) in [6.07, 6.45) is 2.25. The number of pyridine rings is 2. The molecule has 0 N–H and O–H groups in total. The van der Waals surface area contributed by atoms with E-state index < -0.39 is 26.5 Å². The Morgan fingerprint density at radius 1 is 0.820 bits per heavy atom. The number of aryl methyl sites for hydroxylation is 3. The van der Waals surface area contributed by atoms with Crippen molar-refractivity contribution in [1.82, 2.24) is 19.5 Å². The maximum atomic E-state index is 8.55. The number of nitrogens with zero attached hydrogens (tertiary/aromatic N) is 4. The minimum atomic E-state index is -2.32. The zero-order valence-corrected chi connectivity index (χ0v) is 40.7. The standard InChI is InChI=1S/C35H26N3OS.C18H24GeN.Ir/c1-4-21-19-27-23-11-6-9-16-30(23)40-33(27)22(5-2)31(21)38-29-15-8-7-14-28(29)37-34(38)26-13-10-12-24-25-18-17-20(3)36-35(25)39-32(24)26;1-14(2)11-16-12-17(19(3,4)5)13-20-18(16)15-9-7-6-8-10-15;/h6-12,14-19H,4-5H2,1-3H3;6-9,12-14H,11H2,1-5H3;/q2*-1;/i3D3;11D2;. The van der Waals surface area contributed by atoms with Gasteiger partial charge in [-0.05, 0) is 67.2 Å². The topological polar surface area (TPSA) is 56.7 Å². The fourth-order valence-electron chi connectivity index (χ4n) is 8.11. The normalized spacial score (nSPS) is 13.5. The molecular weight excluding hydrogens is 1010 g/mol. The van der Waals surface area contributed by atoms with E-state index in [4.69, 9.17) is 16.3 Å². The second-order valence-corrected chi connectivity index (χ2v) is 28.2. The maximum absolute atomic E-state index is 8.55. The van der Waals surface area contributed by atoms with Crippen LogP contribution in [0.5, 0.6) is 0 Å². The van der Waals surface area contributed by atoms with E-state index in [1.807, 2.05) is 86.0 Å². The van der Waals surface area contributed by atoms with Crippen LogP contribution in [0.1, 0.15) is 56.9 Å². The van der Waals surface area contributed by atoms with Gasteiger partial charge in [0.1, 0.15) is 0 Å². The first-order chi connectivity index (χ1) is 31.0. The quantitative estimate of drug-likeness (QED) is 0.112. The first-order valence-corrected chi connectivity index (χ1v) is 28.8. The van der Waals surface area contributed by atoms with Gasteiger partial charge in [0.15, 0.2) is 0 Å². The number of hydrogen-bond acceptors (Lipinski definition) is 5.